The Morgan fingerprint density at radius 1 is 1.24 bits per heavy atom. The Morgan fingerprint density at radius 3 is 2.52 bits per heavy atom. The van der Waals surface area contributed by atoms with Gasteiger partial charge in [-0.2, -0.15) is 18.4 Å². The lowest BCUT2D eigenvalue weighted by Gasteiger charge is -2.10. The largest absolute Gasteiger partial charge is 0.493 e. The average Bonchev–Trinajstić information content (AvgIpc) is 2.59. The molecule has 2 rings (SSSR count). The first-order valence-electron chi connectivity index (χ1n) is 7.35. The molecule has 0 bridgehead atoms. The lowest BCUT2D eigenvalue weighted by Crippen LogP contribution is -2.05. The molecule has 0 saturated heterocycles. The third-order valence-electron chi connectivity index (χ3n) is 3.29. The highest BCUT2D eigenvalue weighted by Crippen LogP contribution is 2.31. The van der Waals surface area contributed by atoms with Gasteiger partial charge in [-0.3, -0.25) is 4.98 Å². The van der Waals surface area contributed by atoms with Crippen molar-refractivity contribution in [1.29, 1.82) is 5.26 Å². The number of hydrogen-bond donors (Lipinski definition) is 0. The quantitative estimate of drug-likeness (QED) is 0.743. The van der Waals surface area contributed by atoms with E-state index >= 15 is 0 Å². The summed E-state index contributed by atoms with van der Waals surface area (Å²) in [5.41, 5.74) is 0.0738. The van der Waals surface area contributed by atoms with E-state index in [-0.39, 0.29) is 11.3 Å². The normalized spacial score (nSPS) is 11.8. The van der Waals surface area contributed by atoms with Crippen LogP contribution in [0.3, 0.4) is 0 Å². The summed E-state index contributed by atoms with van der Waals surface area (Å²) in [6, 6.07) is 9.10. The zero-order chi connectivity index (χ0) is 18.4. The molecule has 1 aromatic carbocycles. The Morgan fingerprint density at radius 2 is 2.00 bits per heavy atom. The zero-order valence-electron chi connectivity index (χ0n) is 13.6. The van der Waals surface area contributed by atoms with Crippen LogP contribution in [0, 0.1) is 11.3 Å². The minimum Gasteiger partial charge on any atom is -0.493 e. The van der Waals surface area contributed by atoms with Gasteiger partial charge in [-0.1, -0.05) is 6.07 Å². The van der Waals surface area contributed by atoms with E-state index in [4.69, 9.17) is 9.47 Å². The molecule has 2 aromatic rings. The second-order valence-electron chi connectivity index (χ2n) is 4.94. The zero-order valence-corrected chi connectivity index (χ0v) is 13.6. The number of rotatable bonds is 5. The highest BCUT2D eigenvalue weighted by molar-refractivity contribution is 5.88. The minimum absolute atomic E-state index is 0.140. The first kappa shape index (κ1) is 18.3. The van der Waals surface area contributed by atoms with Crippen molar-refractivity contribution in [2.24, 2.45) is 0 Å². The number of nitriles is 1. The van der Waals surface area contributed by atoms with E-state index in [1.165, 1.54) is 19.3 Å². The molecule has 0 spiro atoms. The smallest absolute Gasteiger partial charge is 0.417 e. The van der Waals surface area contributed by atoms with Crippen LogP contribution in [0.5, 0.6) is 11.5 Å². The van der Waals surface area contributed by atoms with Crippen LogP contribution in [0.15, 0.2) is 36.5 Å². The standard InChI is InChI=1S/C18H15F3N2O2/c1-3-25-17-9-12(4-7-16(17)24-2)8-13(10-22)15-6-5-14(11-23-15)18(19,20)21/h4-9,11H,3H2,1-2H3/b13-8+. The molecule has 1 heterocycles. The summed E-state index contributed by atoms with van der Waals surface area (Å²) in [7, 11) is 1.51. The predicted octanol–water partition coefficient (Wildman–Crippen LogP) is 4.57. The fourth-order valence-electron chi connectivity index (χ4n) is 2.10. The van der Waals surface area contributed by atoms with Gasteiger partial charge in [0, 0.05) is 6.20 Å². The fraction of sp³-hybridized carbons (Fsp3) is 0.222. The molecule has 0 aliphatic rings. The van der Waals surface area contributed by atoms with Crippen LogP contribution < -0.4 is 9.47 Å². The second kappa shape index (κ2) is 7.71. The number of benzene rings is 1. The van der Waals surface area contributed by atoms with E-state index in [9.17, 15) is 18.4 Å². The molecule has 1 aromatic heterocycles. The minimum atomic E-state index is -4.47. The van der Waals surface area contributed by atoms with Gasteiger partial charge >= 0.3 is 6.18 Å². The molecule has 0 unspecified atom stereocenters. The summed E-state index contributed by atoms with van der Waals surface area (Å²) in [5, 5.41) is 9.31. The molecule has 0 amide bonds. The molecule has 0 atom stereocenters. The van der Waals surface area contributed by atoms with E-state index in [2.05, 4.69) is 4.98 Å². The van der Waals surface area contributed by atoms with Crippen molar-refractivity contribution >= 4 is 11.6 Å². The fourth-order valence-corrected chi connectivity index (χ4v) is 2.10. The van der Waals surface area contributed by atoms with Gasteiger partial charge in [-0.05, 0) is 42.8 Å². The topological polar surface area (TPSA) is 55.1 Å². The number of ether oxygens (including phenoxy) is 2. The molecule has 0 aliphatic heterocycles. The number of hydrogen-bond acceptors (Lipinski definition) is 4. The maximum absolute atomic E-state index is 12.6. The lowest BCUT2D eigenvalue weighted by atomic mass is 10.1. The van der Waals surface area contributed by atoms with Crippen LogP contribution >= 0.6 is 0 Å². The molecule has 0 radical (unpaired) electrons. The van der Waals surface area contributed by atoms with Crippen molar-refractivity contribution in [2.45, 2.75) is 13.1 Å². The van der Waals surface area contributed by atoms with E-state index < -0.39 is 11.7 Å². The average molecular weight is 348 g/mol. The monoisotopic (exact) mass is 348 g/mol. The van der Waals surface area contributed by atoms with E-state index in [1.54, 1.807) is 18.2 Å². The third kappa shape index (κ3) is 4.51. The van der Waals surface area contributed by atoms with Gasteiger partial charge in [-0.25, -0.2) is 0 Å². The predicted molar refractivity (Wildman–Crippen MR) is 86.9 cm³/mol. The number of pyridine rings is 1. The lowest BCUT2D eigenvalue weighted by molar-refractivity contribution is -0.137. The maximum Gasteiger partial charge on any atom is 0.417 e. The molecule has 0 N–H and O–H groups in total. The molecule has 0 fully saturated rings. The van der Waals surface area contributed by atoms with Crippen LogP contribution in [-0.2, 0) is 6.18 Å². The number of halogens is 3. The molecule has 4 nitrogen and oxygen atoms in total. The number of alkyl halides is 3. The van der Waals surface area contributed by atoms with Gasteiger partial charge in [0.15, 0.2) is 11.5 Å². The Bertz CT molecular complexity index is 807. The second-order valence-corrected chi connectivity index (χ2v) is 4.94. The van der Waals surface area contributed by atoms with Crippen molar-refractivity contribution in [1.82, 2.24) is 4.98 Å². The van der Waals surface area contributed by atoms with E-state index in [1.807, 2.05) is 13.0 Å². The van der Waals surface area contributed by atoms with Crippen LogP contribution in [0.2, 0.25) is 0 Å². The summed E-state index contributed by atoms with van der Waals surface area (Å²) in [6.07, 6.45) is -2.23. The van der Waals surface area contributed by atoms with Crippen LogP contribution in [0.4, 0.5) is 13.2 Å². The van der Waals surface area contributed by atoms with E-state index in [0.29, 0.717) is 29.9 Å². The number of aromatic nitrogens is 1. The Balaban J connectivity index is 2.37. The van der Waals surface area contributed by atoms with Crippen molar-refractivity contribution in [2.75, 3.05) is 13.7 Å². The molecule has 0 saturated carbocycles. The molecule has 25 heavy (non-hydrogen) atoms. The van der Waals surface area contributed by atoms with Gasteiger partial charge in [0.05, 0.1) is 30.5 Å². The highest BCUT2D eigenvalue weighted by atomic mass is 19.4. The maximum atomic E-state index is 12.6. The van der Waals surface area contributed by atoms with Gasteiger partial charge in [-0.15, -0.1) is 0 Å². The molecule has 7 heteroatoms. The summed E-state index contributed by atoms with van der Waals surface area (Å²) < 4.78 is 48.4. The molecular weight excluding hydrogens is 333 g/mol. The summed E-state index contributed by atoms with van der Waals surface area (Å²) >= 11 is 0. The molecular formula is C18H15F3N2O2. The van der Waals surface area contributed by atoms with Gasteiger partial charge in [0.1, 0.15) is 6.07 Å². The van der Waals surface area contributed by atoms with Crippen molar-refractivity contribution in [3.8, 4) is 17.6 Å². The summed E-state index contributed by atoms with van der Waals surface area (Å²) in [4.78, 5) is 3.74. The molecule has 130 valence electrons. The third-order valence-corrected chi connectivity index (χ3v) is 3.29. The van der Waals surface area contributed by atoms with Crippen molar-refractivity contribution in [3.63, 3.8) is 0 Å². The Hall–Kier alpha value is -3.01. The van der Waals surface area contributed by atoms with Gasteiger partial charge in [0.2, 0.25) is 0 Å². The van der Waals surface area contributed by atoms with Crippen molar-refractivity contribution in [3.05, 3.63) is 53.3 Å². The SMILES string of the molecule is CCOc1cc(/C=C(\C#N)c2ccc(C(F)(F)F)cn2)ccc1OC. The van der Waals surface area contributed by atoms with Gasteiger partial charge < -0.3 is 9.47 Å². The van der Waals surface area contributed by atoms with Crippen molar-refractivity contribution < 1.29 is 22.6 Å². The summed E-state index contributed by atoms with van der Waals surface area (Å²) in [5.74, 6) is 1.06. The Kier molecular flexibility index (Phi) is 5.65. The van der Waals surface area contributed by atoms with E-state index in [0.717, 1.165) is 6.07 Å². The first-order valence-corrected chi connectivity index (χ1v) is 7.35. The molecule has 0 aliphatic carbocycles. The number of methoxy groups -OCH3 is 1. The van der Waals surface area contributed by atoms with Gasteiger partial charge in [0.25, 0.3) is 0 Å². The first-order chi connectivity index (χ1) is 11.9. The summed E-state index contributed by atoms with van der Waals surface area (Å²) in [6.45, 7) is 2.27. The van der Waals surface area contributed by atoms with Crippen LogP contribution in [-0.4, -0.2) is 18.7 Å². The number of nitrogens with zero attached hydrogens (tertiary/aromatic N) is 2. The highest BCUT2D eigenvalue weighted by Gasteiger charge is 2.30. The number of allylic oxidation sites excluding steroid dienone is 1. The van der Waals surface area contributed by atoms with Crippen LogP contribution in [0.1, 0.15) is 23.7 Å². The Labute approximate surface area is 143 Å². The van der Waals surface area contributed by atoms with Crippen LogP contribution in [0.25, 0.3) is 11.6 Å².